The predicted molar refractivity (Wildman–Crippen MR) is 133 cm³/mol. The van der Waals surface area contributed by atoms with E-state index in [9.17, 15) is 19.5 Å². The van der Waals surface area contributed by atoms with E-state index in [0.717, 1.165) is 22.3 Å². The lowest BCUT2D eigenvalue weighted by Gasteiger charge is -2.26. The third-order valence-corrected chi connectivity index (χ3v) is 7.79. The number of nitrogens with zero attached hydrogens (tertiary/aromatic N) is 1. The highest BCUT2D eigenvalue weighted by Crippen LogP contribution is 2.44. The minimum absolute atomic E-state index is 0.00492. The van der Waals surface area contributed by atoms with Crippen LogP contribution in [0.2, 0.25) is 0 Å². The molecule has 1 aliphatic carbocycles. The number of fused-ring (bicyclic) bond motifs is 3. The first kappa shape index (κ1) is 24.8. The van der Waals surface area contributed by atoms with Crippen LogP contribution in [0.5, 0.6) is 0 Å². The molecule has 1 aliphatic heterocycles. The standard InChI is InChI=1S/C28H34N2O5/c1-17(2)24(13-25(31)30-14-18(3)28(4,16-30)26(32)33)29-27(34)35-15-23-21-11-7-5-9-19(21)20-10-6-8-12-22(20)23/h5-12,17-18,23-24H,13-16H2,1-4H3,(H,29,34)(H,32,33)/t18-,24+,28-/m0/s1. The molecule has 4 rings (SSSR count). The largest absolute Gasteiger partial charge is 0.481 e. The smallest absolute Gasteiger partial charge is 0.407 e. The number of carboxylic acids is 1. The molecule has 0 bridgehead atoms. The van der Waals surface area contributed by atoms with Gasteiger partial charge in [0.2, 0.25) is 5.91 Å². The van der Waals surface area contributed by atoms with Crippen molar-refractivity contribution in [3.63, 3.8) is 0 Å². The van der Waals surface area contributed by atoms with Gasteiger partial charge in [-0.25, -0.2) is 4.79 Å². The van der Waals surface area contributed by atoms with E-state index in [2.05, 4.69) is 29.6 Å². The number of carbonyl (C=O) groups excluding carboxylic acids is 2. The first-order valence-corrected chi connectivity index (χ1v) is 12.2. The Hall–Kier alpha value is -3.35. The number of nitrogens with one attached hydrogen (secondary N) is 1. The van der Waals surface area contributed by atoms with Gasteiger partial charge in [0.1, 0.15) is 6.61 Å². The number of hydrogen-bond donors (Lipinski definition) is 2. The molecule has 2 aromatic rings. The van der Waals surface area contributed by atoms with E-state index in [1.807, 2.05) is 45.0 Å². The first-order valence-electron chi connectivity index (χ1n) is 12.2. The van der Waals surface area contributed by atoms with Crippen molar-refractivity contribution >= 4 is 18.0 Å². The van der Waals surface area contributed by atoms with Gasteiger partial charge >= 0.3 is 12.1 Å². The molecule has 1 saturated heterocycles. The summed E-state index contributed by atoms with van der Waals surface area (Å²) in [5, 5.41) is 12.5. The number of benzene rings is 2. The predicted octanol–water partition coefficient (Wildman–Crippen LogP) is 4.51. The van der Waals surface area contributed by atoms with Gasteiger partial charge in [-0.15, -0.1) is 0 Å². The van der Waals surface area contributed by atoms with Crippen molar-refractivity contribution in [2.75, 3.05) is 19.7 Å². The Morgan fingerprint density at radius 2 is 1.66 bits per heavy atom. The summed E-state index contributed by atoms with van der Waals surface area (Å²) in [6.07, 6.45) is -0.451. The van der Waals surface area contributed by atoms with Gasteiger partial charge in [-0.3, -0.25) is 9.59 Å². The van der Waals surface area contributed by atoms with Crippen molar-refractivity contribution in [1.29, 1.82) is 0 Å². The molecule has 2 aromatic carbocycles. The lowest BCUT2D eigenvalue weighted by molar-refractivity contribution is -0.149. The minimum atomic E-state index is -0.955. The summed E-state index contributed by atoms with van der Waals surface area (Å²) < 4.78 is 5.66. The SMILES string of the molecule is CC(C)[C@@H](CC(=O)N1C[C@H](C)[C@@](C)(C(=O)O)C1)NC(=O)OCC1c2ccccc2-c2ccccc21. The molecule has 7 heteroatoms. The van der Waals surface area contributed by atoms with E-state index in [4.69, 9.17) is 4.74 Å². The van der Waals surface area contributed by atoms with E-state index in [1.54, 1.807) is 11.8 Å². The van der Waals surface area contributed by atoms with Crippen LogP contribution in [0.4, 0.5) is 4.79 Å². The normalized spacial score (nSPS) is 22.0. The van der Waals surface area contributed by atoms with Crippen LogP contribution in [0.15, 0.2) is 48.5 Å². The molecule has 0 radical (unpaired) electrons. The van der Waals surface area contributed by atoms with Gasteiger partial charge in [0.25, 0.3) is 0 Å². The van der Waals surface area contributed by atoms with Crippen LogP contribution in [-0.4, -0.2) is 53.7 Å². The highest BCUT2D eigenvalue weighted by Gasteiger charge is 2.48. The molecule has 2 N–H and O–H groups in total. The molecule has 0 aromatic heterocycles. The second kappa shape index (κ2) is 9.72. The van der Waals surface area contributed by atoms with Crippen LogP contribution in [0.25, 0.3) is 11.1 Å². The summed E-state index contributed by atoms with van der Waals surface area (Å²) in [6.45, 7) is 8.21. The van der Waals surface area contributed by atoms with Gasteiger partial charge in [-0.1, -0.05) is 69.3 Å². The molecule has 3 atom stereocenters. The molecular weight excluding hydrogens is 444 g/mol. The summed E-state index contributed by atoms with van der Waals surface area (Å²) in [6, 6.07) is 15.9. The third-order valence-electron chi connectivity index (χ3n) is 7.79. The first-order chi connectivity index (χ1) is 16.6. The fourth-order valence-electron chi connectivity index (χ4n) is 5.18. The van der Waals surface area contributed by atoms with Crippen molar-refractivity contribution in [3.05, 3.63) is 59.7 Å². The van der Waals surface area contributed by atoms with E-state index in [0.29, 0.717) is 6.54 Å². The third kappa shape index (κ3) is 4.77. The van der Waals surface area contributed by atoms with Crippen molar-refractivity contribution in [3.8, 4) is 11.1 Å². The number of hydrogen-bond acceptors (Lipinski definition) is 4. The van der Waals surface area contributed by atoms with Crippen molar-refractivity contribution in [2.24, 2.45) is 17.3 Å². The molecule has 0 spiro atoms. The summed E-state index contributed by atoms with van der Waals surface area (Å²) >= 11 is 0. The zero-order valence-corrected chi connectivity index (χ0v) is 20.8. The number of aliphatic carboxylic acids is 1. The Bertz CT molecular complexity index is 1080. The summed E-state index contributed by atoms with van der Waals surface area (Å²) in [7, 11) is 0. The lowest BCUT2D eigenvalue weighted by atomic mass is 9.81. The molecule has 0 saturated carbocycles. The molecule has 2 amide bonds. The Morgan fingerprint density at radius 3 is 2.17 bits per heavy atom. The molecule has 35 heavy (non-hydrogen) atoms. The fraction of sp³-hybridized carbons (Fsp3) is 0.464. The Kier molecular flexibility index (Phi) is 6.88. The number of likely N-dealkylation sites (tertiary alicyclic amines) is 1. The second-order valence-corrected chi connectivity index (χ2v) is 10.4. The Labute approximate surface area is 206 Å². The van der Waals surface area contributed by atoms with Gasteiger partial charge in [0, 0.05) is 31.5 Å². The fourth-order valence-corrected chi connectivity index (χ4v) is 5.18. The number of carboxylic acid groups (broad SMARTS) is 1. The van der Waals surface area contributed by atoms with Gasteiger partial charge in [-0.2, -0.15) is 0 Å². The molecule has 1 fully saturated rings. The topological polar surface area (TPSA) is 95.9 Å². The number of alkyl carbamates (subject to hydrolysis) is 1. The van der Waals surface area contributed by atoms with E-state index in [-0.39, 0.29) is 43.2 Å². The highest BCUT2D eigenvalue weighted by atomic mass is 16.5. The summed E-state index contributed by atoms with van der Waals surface area (Å²) in [4.78, 5) is 39.0. The highest BCUT2D eigenvalue weighted by molar-refractivity contribution is 5.82. The van der Waals surface area contributed by atoms with Crippen molar-refractivity contribution < 1.29 is 24.2 Å². The summed E-state index contributed by atoms with van der Waals surface area (Å²) in [5.41, 5.74) is 3.65. The van der Waals surface area contributed by atoms with E-state index < -0.39 is 23.5 Å². The van der Waals surface area contributed by atoms with Crippen LogP contribution in [0, 0.1) is 17.3 Å². The number of carbonyl (C=O) groups is 3. The number of rotatable bonds is 7. The maximum Gasteiger partial charge on any atom is 0.407 e. The van der Waals surface area contributed by atoms with E-state index in [1.165, 1.54) is 0 Å². The maximum atomic E-state index is 13.0. The minimum Gasteiger partial charge on any atom is -0.481 e. The number of ether oxygens (including phenoxy) is 1. The lowest BCUT2D eigenvalue weighted by Crippen LogP contribution is -2.44. The molecule has 0 unspecified atom stereocenters. The van der Waals surface area contributed by atoms with Crippen molar-refractivity contribution in [1.82, 2.24) is 10.2 Å². The van der Waals surface area contributed by atoms with Crippen LogP contribution in [-0.2, 0) is 14.3 Å². The van der Waals surface area contributed by atoms with Gasteiger partial charge in [0.05, 0.1) is 5.41 Å². The van der Waals surface area contributed by atoms with Gasteiger partial charge in [0.15, 0.2) is 0 Å². The number of amides is 2. The molecular formula is C28H34N2O5. The molecule has 7 nitrogen and oxygen atoms in total. The summed E-state index contributed by atoms with van der Waals surface area (Å²) in [5.74, 6) is -1.22. The molecule has 2 aliphatic rings. The Morgan fingerprint density at radius 1 is 1.09 bits per heavy atom. The van der Waals surface area contributed by atoms with Crippen molar-refractivity contribution in [2.45, 2.75) is 46.1 Å². The average Bonchev–Trinajstić information content (AvgIpc) is 3.32. The van der Waals surface area contributed by atoms with Crippen LogP contribution in [0.1, 0.15) is 51.2 Å². The van der Waals surface area contributed by atoms with Crippen LogP contribution >= 0.6 is 0 Å². The maximum absolute atomic E-state index is 13.0. The van der Waals surface area contributed by atoms with Gasteiger partial charge < -0.3 is 20.1 Å². The van der Waals surface area contributed by atoms with Crippen LogP contribution < -0.4 is 5.32 Å². The quantitative estimate of drug-likeness (QED) is 0.611. The molecule has 186 valence electrons. The zero-order valence-electron chi connectivity index (χ0n) is 20.8. The van der Waals surface area contributed by atoms with Gasteiger partial charge in [-0.05, 0) is 41.0 Å². The van der Waals surface area contributed by atoms with E-state index >= 15 is 0 Å². The zero-order chi connectivity index (χ0) is 25.3. The Balaban J connectivity index is 1.37. The average molecular weight is 479 g/mol. The molecule has 1 heterocycles. The second-order valence-electron chi connectivity index (χ2n) is 10.4. The monoisotopic (exact) mass is 478 g/mol. The van der Waals surface area contributed by atoms with Crippen LogP contribution in [0.3, 0.4) is 0 Å².